The molecule has 1 atom stereocenters. The highest BCUT2D eigenvalue weighted by Gasteiger charge is 2.11. The average molecular weight is 212 g/mol. The maximum Gasteiger partial charge on any atom is 0.135 e. The van der Waals surface area contributed by atoms with Crippen LogP contribution in [0.1, 0.15) is 65.2 Å². The van der Waals surface area contributed by atoms with Crippen molar-refractivity contribution in [2.75, 3.05) is 0 Å². The van der Waals surface area contributed by atoms with Crippen molar-refractivity contribution in [1.82, 2.24) is 0 Å². The molecule has 0 saturated heterocycles. The average Bonchev–Trinajstić information content (AvgIpc) is 2.25. The Balaban J connectivity index is 3.42. The number of carbonyl (C=O) groups excluding carboxylic acids is 2. The van der Waals surface area contributed by atoms with Gasteiger partial charge in [-0.3, -0.25) is 4.79 Å². The van der Waals surface area contributed by atoms with E-state index in [1.54, 1.807) is 0 Å². The Labute approximate surface area is 93.4 Å². The van der Waals surface area contributed by atoms with Gasteiger partial charge < -0.3 is 4.79 Å². The van der Waals surface area contributed by atoms with Crippen molar-refractivity contribution in [1.29, 1.82) is 0 Å². The van der Waals surface area contributed by atoms with E-state index in [1.165, 1.54) is 25.7 Å². The van der Waals surface area contributed by atoms with Crippen LogP contribution in [0, 0.1) is 5.92 Å². The zero-order valence-corrected chi connectivity index (χ0v) is 10.1. The lowest BCUT2D eigenvalue weighted by atomic mass is 9.96. The summed E-state index contributed by atoms with van der Waals surface area (Å²) in [7, 11) is 0. The minimum atomic E-state index is 0.0707. The van der Waals surface area contributed by atoms with E-state index in [1.807, 2.05) is 6.92 Å². The smallest absolute Gasteiger partial charge is 0.135 e. The molecule has 2 heteroatoms. The van der Waals surface area contributed by atoms with Crippen LogP contribution in [0.3, 0.4) is 0 Å². The lowest BCUT2D eigenvalue weighted by Gasteiger charge is -2.07. The van der Waals surface area contributed by atoms with Crippen LogP contribution in [0.25, 0.3) is 0 Å². The number of unbranched alkanes of at least 4 members (excludes halogenated alkanes) is 4. The fourth-order valence-electron chi connectivity index (χ4n) is 1.63. The summed E-state index contributed by atoms with van der Waals surface area (Å²) < 4.78 is 0. The van der Waals surface area contributed by atoms with E-state index < -0.39 is 0 Å². The molecule has 2 nitrogen and oxygen atoms in total. The highest BCUT2D eigenvalue weighted by molar-refractivity contribution is 5.80. The van der Waals surface area contributed by atoms with Crippen LogP contribution in [0.15, 0.2) is 0 Å². The molecule has 0 aliphatic rings. The summed E-state index contributed by atoms with van der Waals surface area (Å²) in [4.78, 5) is 21.7. The van der Waals surface area contributed by atoms with Gasteiger partial charge >= 0.3 is 0 Å². The minimum absolute atomic E-state index is 0.0707. The Morgan fingerprint density at radius 1 is 1.20 bits per heavy atom. The van der Waals surface area contributed by atoms with E-state index in [9.17, 15) is 9.59 Å². The molecule has 0 spiro atoms. The third-order valence-electron chi connectivity index (χ3n) is 2.79. The molecule has 1 unspecified atom stereocenters. The standard InChI is InChI=1S/C13H24O2/c1-3-4-5-6-7-10-13(15)12(2)9-8-11-14/h11-12H,3-10H2,1-2H3. The molecular formula is C13H24O2. The quantitative estimate of drug-likeness (QED) is 0.410. The number of rotatable bonds is 10. The molecule has 0 heterocycles. The van der Waals surface area contributed by atoms with Gasteiger partial charge in [-0.15, -0.1) is 0 Å². The Bertz CT molecular complexity index is 175. The second kappa shape index (κ2) is 9.88. The van der Waals surface area contributed by atoms with Crippen molar-refractivity contribution in [3.8, 4) is 0 Å². The molecule has 0 N–H and O–H groups in total. The van der Waals surface area contributed by atoms with E-state index in [0.717, 1.165) is 19.1 Å². The van der Waals surface area contributed by atoms with Crippen LogP contribution in [0.4, 0.5) is 0 Å². The number of Topliss-reactive ketones (excluding diaryl/α,β-unsaturated/α-hetero) is 1. The van der Waals surface area contributed by atoms with Crippen molar-refractivity contribution >= 4 is 12.1 Å². The third kappa shape index (κ3) is 8.34. The summed E-state index contributed by atoms with van der Waals surface area (Å²) in [6, 6.07) is 0. The summed E-state index contributed by atoms with van der Waals surface area (Å²) in [6.07, 6.45) is 8.77. The SMILES string of the molecule is CCCCCCCC(=O)C(C)CCC=O. The highest BCUT2D eigenvalue weighted by atomic mass is 16.1. The number of carbonyl (C=O) groups is 2. The number of hydrogen-bond donors (Lipinski definition) is 0. The molecule has 0 aromatic heterocycles. The Kier molecular flexibility index (Phi) is 9.44. The Morgan fingerprint density at radius 3 is 2.47 bits per heavy atom. The molecule has 0 fully saturated rings. The van der Waals surface area contributed by atoms with Gasteiger partial charge in [0, 0.05) is 18.8 Å². The summed E-state index contributed by atoms with van der Waals surface area (Å²) in [5.41, 5.74) is 0. The van der Waals surface area contributed by atoms with Crippen LogP contribution in [-0.2, 0) is 9.59 Å². The molecule has 0 aliphatic carbocycles. The van der Waals surface area contributed by atoms with Crippen LogP contribution in [0.2, 0.25) is 0 Å². The maximum absolute atomic E-state index is 11.6. The zero-order chi connectivity index (χ0) is 11.5. The molecule has 0 saturated carbocycles. The molecule has 0 aromatic rings. The van der Waals surface area contributed by atoms with Gasteiger partial charge in [-0.2, -0.15) is 0 Å². The van der Waals surface area contributed by atoms with Crippen LogP contribution in [-0.4, -0.2) is 12.1 Å². The first-order valence-electron chi connectivity index (χ1n) is 6.18. The number of aldehydes is 1. The third-order valence-corrected chi connectivity index (χ3v) is 2.79. The fourth-order valence-corrected chi connectivity index (χ4v) is 1.63. The van der Waals surface area contributed by atoms with E-state index in [-0.39, 0.29) is 5.92 Å². The molecule has 0 aliphatic heterocycles. The largest absolute Gasteiger partial charge is 0.303 e. The monoisotopic (exact) mass is 212 g/mol. The van der Waals surface area contributed by atoms with Crippen molar-refractivity contribution < 1.29 is 9.59 Å². The predicted molar refractivity (Wildman–Crippen MR) is 62.8 cm³/mol. The molecule has 15 heavy (non-hydrogen) atoms. The maximum atomic E-state index is 11.6. The van der Waals surface area contributed by atoms with E-state index in [2.05, 4.69) is 6.92 Å². The first kappa shape index (κ1) is 14.3. The van der Waals surface area contributed by atoms with Crippen LogP contribution in [0.5, 0.6) is 0 Å². The Hall–Kier alpha value is -0.660. The Morgan fingerprint density at radius 2 is 1.87 bits per heavy atom. The second-order valence-electron chi connectivity index (χ2n) is 4.28. The van der Waals surface area contributed by atoms with Gasteiger partial charge in [0.1, 0.15) is 12.1 Å². The molecule has 0 aromatic carbocycles. The zero-order valence-electron chi connectivity index (χ0n) is 10.1. The van der Waals surface area contributed by atoms with Crippen molar-refractivity contribution in [2.24, 2.45) is 5.92 Å². The minimum Gasteiger partial charge on any atom is -0.303 e. The van der Waals surface area contributed by atoms with Gasteiger partial charge in [-0.25, -0.2) is 0 Å². The molecule has 0 radical (unpaired) electrons. The fraction of sp³-hybridized carbons (Fsp3) is 0.846. The predicted octanol–water partition coefficient (Wildman–Crippen LogP) is 3.53. The van der Waals surface area contributed by atoms with E-state index in [4.69, 9.17) is 0 Å². The van der Waals surface area contributed by atoms with Gasteiger partial charge in [-0.1, -0.05) is 39.5 Å². The summed E-state index contributed by atoms with van der Waals surface area (Å²) in [5.74, 6) is 0.398. The normalized spacial score (nSPS) is 12.4. The molecule has 0 bridgehead atoms. The lowest BCUT2D eigenvalue weighted by Crippen LogP contribution is -2.10. The molecule has 88 valence electrons. The lowest BCUT2D eigenvalue weighted by molar-refractivity contribution is -0.122. The first-order valence-corrected chi connectivity index (χ1v) is 6.18. The van der Waals surface area contributed by atoms with Crippen molar-refractivity contribution in [2.45, 2.75) is 65.2 Å². The second-order valence-corrected chi connectivity index (χ2v) is 4.28. The van der Waals surface area contributed by atoms with Gasteiger partial charge in [0.05, 0.1) is 0 Å². The van der Waals surface area contributed by atoms with Crippen LogP contribution < -0.4 is 0 Å². The summed E-state index contributed by atoms with van der Waals surface area (Å²) >= 11 is 0. The highest BCUT2D eigenvalue weighted by Crippen LogP contribution is 2.12. The topological polar surface area (TPSA) is 34.1 Å². The van der Waals surface area contributed by atoms with Gasteiger partial charge in [0.25, 0.3) is 0 Å². The van der Waals surface area contributed by atoms with Crippen molar-refractivity contribution in [3.63, 3.8) is 0 Å². The molecule has 0 amide bonds. The number of hydrogen-bond acceptors (Lipinski definition) is 2. The van der Waals surface area contributed by atoms with Gasteiger partial charge in [0.15, 0.2) is 0 Å². The van der Waals surface area contributed by atoms with E-state index in [0.29, 0.717) is 18.6 Å². The molecule has 0 rings (SSSR count). The van der Waals surface area contributed by atoms with Crippen molar-refractivity contribution in [3.05, 3.63) is 0 Å². The van der Waals surface area contributed by atoms with Crippen LogP contribution >= 0.6 is 0 Å². The number of ketones is 1. The summed E-state index contributed by atoms with van der Waals surface area (Å²) in [6.45, 7) is 4.12. The first-order chi connectivity index (χ1) is 7.22. The van der Waals surface area contributed by atoms with Gasteiger partial charge in [-0.05, 0) is 12.8 Å². The van der Waals surface area contributed by atoms with Gasteiger partial charge in [0.2, 0.25) is 0 Å². The molecular weight excluding hydrogens is 188 g/mol. The van der Waals surface area contributed by atoms with E-state index >= 15 is 0 Å². The summed E-state index contributed by atoms with van der Waals surface area (Å²) in [5, 5.41) is 0.